The van der Waals surface area contributed by atoms with Crippen LogP contribution in [0.25, 0.3) is 10.8 Å². The fourth-order valence-corrected chi connectivity index (χ4v) is 3.20. The van der Waals surface area contributed by atoms with Crippen molar-refractivity contribution in [1.82, 2.24) is 9.88 Å². The van der Waals surface area contributed by atoms with Gasteiger partial charge in [0.25, 0.3) is 0 Å². The van der Waals surface area contributed by atoms with Crippen LogP contribution in [-0.2, 0) is 17.8 Å². The molecule has 0 bridgehead atoms. The van der Waals surface area contributed by atoms with Crippen molar-refractivity contribution >= 4 is 16.7 Å². The number of aromatic nitrogens is 1. The molecule has 4 rings (SSSR count). The van der Waals surface area contributed by atoms with Crippen molar-refractivity contribution in [3.63, 3.8) is 0 Å². The Morgan fingerprint density at radius 2 is 1.75 bits per heavy atom. The number of fused-ring (bicyclic) bond motifs is 1. The summed E-state index contributed by atoms with van der Waals surface area (Å²) in [5, 5.41) is 2.36. The van der Waals surface area contributed by atoms with Gasteiger partial charge in [0.2, 0.25) is 5.91 Å². The molecule has 0 N–H and O–H groups in total. The van der Waals surface area contributed by atoms with Crippen molar-refractivity contribution in [2.45, 2.75) is 31.8 Å². The summed E-state index contributed by atoms with van der Waals surface area (Å²) in [7, 11) is 0. The molecule has 1 heterocycles. The van der Waals surface area contributed by atoms with Crippen LogP contribution in [0.2, 0.25) is 0 Å². The Balaban J connectivity index is 1.57. The van der Waals surface area contributed by atoms with E-state index in [0.717, 1.165) is 24.0 Å². The second-order valence-electron chi connectivity index (χ2n) is 6.42. The molecule has 0 saturated heterocycles. The smallest absolute Gasteiger partial charge is 0.227 e. The lowest BCUT2D eigenvalue weighted by Crippen LogP contribution is -2.33. The second-order valence-corrected chi connectivity index (χ2v) is 6.42. The summed E-state index contributed by atoms with van der Waals surface area (Å²) in [6.07, 6.45) is 6.27. The molecule has 3 heteroatoms. The summed E-state index contributed by atoms with van der Waals surface area (Å²) < 4.78 is 0. The van der Waals surface area contributed by atoms with Gasteiger partial charge in [-0.1, -0.05) is 42.5 Å². The first-order valence-corrected chi connectivity index (χ1v) is 8.46. The van der Waals surface area contributed by atoms with Gasteiger partial charge < -0.3 is 4.90 Å². The van der Waals surface area contributed by atoms with Crippen LogP contribution in [0.15, 0.2) is 67.0 Å². The van der Waals surface area contributed by atoms with Crippen LogP contribution < -0.4 is 0 Å². The predicted octanol–water partition coefficient (Wildman–Crippen LogP) is 3.97. The van der Waals surface area contributed by atoms with Crippen LogP contribution in [0, 0.1) is 0 Å². The van der Waals surface area contributed by atoms with Gasteiger partial charge in [-0.2, -0.15) is 0 Å². The Bertz CT molecular complexity index is 851. The summed E-state index contributed by atoms with van der Waals surface area (Å²) in [6, 6.07) is 18.8. The van der Waals surface area contributed by atoms with Gasteiger partial charge in [0, 0.05) is 25.0 Å². The number of carbonyl (C=O) groups is 1. The molecule has 1 aliphatic carbocycles. The highest BCUT2D eigenvalue weighted by Gasteiger charge is 2.32. The third-order valence-corrected chi connectivity index (χ3v) is 4.63. The van der Waals surface area contributed by atoms with Gasteiger partial charge in [-0.25, -0.2) is 0 Å². The van der Waals surface area contributed by atoms with Crippen LogP contribution in [0.4, 0.5) is 0 Å². The fourth-order valence-electron chi connectivity index (χ4n) is 3.20. The van der Waals surface area contributed by atoms with Crippen molar-refractivity contribution in [3.8, 4) is 0 Å². The number of hydrogen-bond donors (Lipinski definition) is 0. The quantitative estimate of drug-likeness (QED) is 0.713. The van der Waals surface area contributed by atoms with E-state index in [0.29, 0.717) is 19.0 Å². The largest absolute Gasteiger partial charge is 0.335 e. The molecule has 2 aromatic carbocycles. The summed E-state index contributed by atoms with van der Waals surface area (Å²) in [4.78, 5) is 19.0. The fraction of sp³-hybridized carbons (Fsp3) is 0.238. The molecule has 1 amide bonds. The molecule has 3 aromatic rings. The van der Waals surface area contributed by atoms with Crippen molar-refractivity contribution < 1.29 is 4.79 Å². The number of benzene rings is 2. The van der Waals surface area contributed by atoms with Gasteiger partial charge in [0.15, 0.2) is 0 Å². The summed E-state index contributed by atoms with van der Waals surface area (Å²) in [6.45, 7) is 0.677. The third-order valence-electron chi connectivity index (χ3n) is 4.63. The number of nitrogens with zero attached hydrogens (tertiary/aromatic N) is 2. The molecule has 1 fully saturated rings. The van der Waals surface area contributed by atoms with Gasteiger partial charge in [-0.3, -0.25) is 9.78 Å². The van der Waals surface area contributed by atoms with E-state index < -0.39 is 0 Å². The van der Waals surface area contributed by atoms with Crippen LogP contribution in [-0.4, -0.2) is 21.8 Å². The maximum Gasteiger partial charge on any atom is 0.227 e. The van der Waals surface area contributed by atoms with E-state index in [1.54, 1.807) is 12.4 Å². The zero-order valence-electron chi connectivity index (χ0n) is 13.6. The number of pyridine rings is 1. The minimum absolute atomic E-state index is 0.214. The number of amides is 1. The third kappa shape index (κ3) is 3.16. The molecule has 1 aliphatic rings. The van der Waals surface area contributed by atoms with E-state index in [2.05, 4.69) is 29.2 Å². The van der Waals surface area contributed by atoms with E-state index in [1.165, 1.54) is 10.8 Å². The molecular weight excluding hydrogens is 296 g/mol. The molecule has 0 radical (unpaired) electrons. The van der Waals surface area contributed by atoms with E-state index in [-0.39, 0.29) is 5.91 Å². The SMILES string of the molecule is O=C(Cc1cccc2ccccc12)N(Cc1ccncc1)C1CC1. The highest BCUT2D eigenvalue weighted by Crippen LogP contribution is 2.29. The van der Waals surface area contributed by atoms with Crippen LogP contribution >= 0.6 is 0 Å². The van der Waals surface area contributed by atoms with Crippen LogP contribution in [0.5, 0.6) is 0 Å². The Kier molecular flexibility index (Phi) is 3.99. The van der Waals surface area contributed by atoms with Gasteiger partial charge >= 0.3 is 0 Å². The zero-order chi connectivity index (χ0) is 16.4. The first-order valence-electron chi connectivity index (χ1n) is 8.46. The highest BCUT2D eigenvalue weighted by molar-refractivity contribution is 5.90. The topological polar surface area (TPSA) is 33.2 Å². The highest BCUT2D eigenvalue weighted by atomic mass is 16.2. The average molecular weight is 316 g/mol. The summed E-state index contributed by atoms with van der Waals surface area (Å²) in [5.74, 6) is 0.214. The summed E-state index contributed by atoms with van der Waals surface area (Å²) in [5.41, 5.74) is 2.25. The molecule has 1 saturated carbocycles. The van der Waals surface area contributed by atoms with Crippen molar-refractivity contribution in [3.05, 3.63) is 78.1 Å². The monoisotopic (exact) mass is 316 g/mol. The molecule has 24 heavy (non-hydrogen) atoms. The maximum absolute atomic E-state index is 13.0. The minimum atomic E-state index is 0.214. The average Bonchev–Trinajstić information content (AvgIpc) is 3.46. The van der Waals surface area contributed by atoms with E-state index in [1.807, 2.05) is 35.2 Å². The maximum atomic E-state index is 13.0. The summed E-state index contributed by atoms with van der Waals surface area (Å²) >= 11 is 0. The lowest BCUT2D eigenvalue weighted by Gasteiger charge is -2.23. The van der Waals surface area contributed by atoms with Gasteiger partial charge in [-0.15, -0.1) is 0 Å². The molecule has 0 aliphatic heterocycles. The lowest BCUT2D eigenvalue weighted by atomic mass is 10.0. The molecule has 0 unspecified atom stereocenters. The molecule has 120 valence electrons. The molecule has 0 atom stereocenters. The predicted molar refractivity (Wildman–Crippen MR) is 95.5 cm³/mol. The van der Waals surface area contributed by atoms with Crippen molar-refractivity contribution in [2.24, 2.45) is 0 Å². The number of rotatable bonds is 5. The Morgan fingerprint density at radius 1 is 1.00 bits per heavy atom. The van der Waals surface area contributed by atoms with Crippen molar-refractivity contribution in [1.29, 1.82) is 0 Å². The first-order chi connectivity index (χ1) is 11.8. The zero-order valence-corrected chi connectivity index (χ0v) is 13.6. The second kappa shape index (κ2) is 6.44. The van der Waals surface area contributed by atoms with E-state index in [9.17, 15) is 4.79 Å². The molecule has 0 spiro atoms. The first kappa shape index (κ1) is 14.9. The number of hydrogen-bond acceptors (Lipinski definition) is 2. The van der Waals surface area contributed by atoms with Crippen LogP contribution in [0.1, 0.15) is 24.0 Å². The van der Waals surface area contributed by atoms with Gasteiger partial charge in [0.1, 0.15) is 0 Å². The Hall–Kier alpha value is -2.68. The molecule has 3 nitrogen and oxygen atoms in total. The van der Waals surface area contributed by atoms with Crippen LogP contribution in [0.3, 0.4) is 0 Å². The molecular formula is C21H20N2O. The Morgan fingerprint density at radius 3 is 2.54 bits per heavy atom. The molecule has 1 aromatic heterocycles. The van der Waals surface area contributed by atoms with Crippen molar-refractivity contribution in [2.75, 3.05) is 0 Å². The number of carbonyl (C=O) groups excluding carboxylic acids is 1. The normalized spacial score (nSPS) is 13.8. The Labute approximate surface area is 141 Å². The van der Waals surface area contributed by atoms with Gasteiger partial charge in [-0.05, 0) is 46.9 Å². The lowest BCUT2D eigenvalue weighted by molar-refractivity contribution is -0.131. The van der Waals surface area contributed by atoms with Gasteiger partial charge in [0.05, 0.1) is 6.42 Å². The minimum Gasteiger partial charge on any atom is -0.335 e. The van der Waals surface area contributed by atoms with E-state index in [4.69, 9.17) is 0 Å². The van der Waals surface area contributed by atoms with E-state index >= 15 is 0 Å². The standard InChI is InChI=1S/C21H20N2O/c24-21(14-18-6-3-5-17-4-1-2-7-20(17)18)23(19-8-9-19)15-16-10-12-22-13-11-16/h1-7,10-13,19H,8-9,14-15H2.